The van der Waals surface area contributed by atoms with Crippen LogP contribution in [0.2, 0.25) is 0 Å². The van der Waals surface area contributed by atoms with E-state index in [9.17, 15) is 17.3 Å². The van der Waals surface area contributed by atoms with Gasteiger partial charge in [-0.2, -0.15) is 0 Å². The minimum atomic E-state index is -2.52. The molecule has 0 saturated carbocycles. The molecule has 0 fully saturated rings. The van der Waals surface area contributed by atoms with Crippen molar-refractivity contribution in [3.8, 4) is 0 Å². The van der Waals surface area contributed by atoms with Crippen molar-refractivity contribution in [3.05, 3.63) is 11.0 Å². The molecule has 0 aliphatic rings. The van der Waals surface area contributed by atoms with E-state index >= 15 is 0 Å². The van der Waals surface area contributed by atoms with Crippen molar-refractivity contribution in [2.24, 2.45) is 11.8 Å². The number of alkyl halides is 1. The zero-order valence-corrected chi connectivity index (χ0v) is 22.9. The summed E-state index contributed by atoms with van der Waals surface area (Å²) in [4.78, 5) is -0.356. The van der Waals surface area contributed by atoms with Crippen molar-refractivity contribution in [3.63, 3.8) is 0 Å². The average Bonchev–Trinajstić information content (AvgIpc) is 2.30. The third-order valence-electron chi connectivity index (χ3n) is 1.67. The summed E-state index contributed by atoms with van der Waals surface area (Å²) in [5.41, 5.74) is 0. The second-order valence-electron chi connectivity index (χ2n) is 4.58. The van der Waals surface area contributed by atoms with Crippen molar-refractivity contribution in [2.45, 2.75) is 39.4 Å². The van der Waals surface area contributed by atoms with E-state index in [4.69, 9.17) is 28.3 Å². The van der Waals surface area contributed by atoms with Gasteiger partial charge in [0.15, 0.2) is 0 Å². The van der Waals surface area contributed by atoms with Crippen molar-refractivity contribution in [1.29, 1.82) is 0 Å². The van der Waals surface area contributed by atoms with Gasteiger partial charge in [-0.25, -0.2) is 0 Å². The molecule has 0 aromatic carbocycles. The fourth-order valence-corrected chi connectivity index (χ4v) is 1.55. The first-order valence-electron chi connectivity index (χ1n) is 6.10. The minimum absolute atomic E-state index is 0. The molecule has 0 aromatic rings. The van der Waals surface area contributed by atoms with Crippen LogP contribution in [0.5, 0.6) is 0 Å². The van der Waals surface area contributed by atoms with Crippen LogP contribution in [0.1, 0.15) is 34.1 Å². The minimum Gasteiger partial charge on any atom is -1.00 e. The molecule has 13 heteroatoms. The number of halogens is 8. The van der Waals surface area contributed by atoms with E-state index in [-0.39, 0.29) is 129 Å². The largest absolute Gasteiger partial charge is 1.00 e. The van der Waals surface area contributed by atoms with Gasteiger partial charge in [-0.15, -0.1) is 11.6 Å². The quantitative estimate of drug-likeness (QED) is 0.249. The predicted molar refractivity (Wildman–Crippen MR) is 82.0 cm³/mol. The van der Waals surface area contributed by atoms with Gasteiger partial charge in [0.1, 0.15) is 0 Å². The summed E-state index contributed by atoms with van der Waals surface area (Å²) < 4.78 is 46.5. The van der Waals surface area contributed by atoms with Crippen LogP contribution in [0.25, 0.3) is 0 Å². The molecule has 0 saturated heterocycles. The molecular formula is C11H22B2Cl2F6K2O. The standard InChI is InChI=1S/C5H10BClF2.C5H8BClF2.CH4O.2FH.2K/c2*1-4(2)3-5(7)6(8)9;1-2;;;;/h4-5H,3H2,1-2H3;3-4H,1-2H3;2H,1H3;2*1H;;/q;;;;;2*+1/p-2/b;5-3+;;;;;. The third-order valence-corrected chi connectivity index (χ3v) is 2.33. The number of rotatable bonds is 5. The molecular weight excluding hydrogens is 433 g/mol. The van der Waals surface area contributed by atoms with E-state index in [0.717, 1.165) is 7.11 Å². The smallest absolute Gasteiger partial charge is 1.00 e. The van der Waals surface area contributed by atoms with E-state index in [1.165, 1.54) is 6.08 Å². The van der Waals surface area contributed by atoms with Crippen molar-refractivity contribution in [1.82, 2.24) is 0 Å². The first kappa shape index (κ1) is 45.8. The Kier molecular flexibility index (Phi) is 59.1. The van der Waals surface area contributed by atoms with E-state index in [1.54, 1.807) is 13.8 Å². The maximum Gasteiger partial charge on any atom is 1.00 e. The molecule has 0 aliphatic heterocycles. The van der Waals surface area contributed by atoms with Gasteiger partial charge in [0.2, 0.25) is 0 Å². The first-order valence-corrected chi connectivity index (χ1v) is 6.91. The number of hydrogen-bond donors (Lipinski definition) is 1. The number of aliphatic hydroxyl groups is 1. The van der Waals surface area contributed by atoms with Crippen LogP contribution >= 0.6 is 23.2 Å². The van der Waals surface area contributed by atoms with Crippen LogP contribution in [0.15, 0.2) is 11.0 Å². The molecule has 1 atom stereocenters. The van der Waals surface area contributed by atoms with Gasteiger partial charge in [-0.3, -0.25) is 17.3 Å². The van der Waals surface area contributed by atoms with Crippen molar-refractivity contribution < 1.29 is 135 Å². The molecule has 0 heterocycles. The van der Waals surface area contributed by atoms with Gasteiger partial charge in [-0.05, 0) is 18.3 Å². The van der Waals surface area contributed by atoms with Gasteiger partial charge in [0, 0.05) is 7.11 Å². The second kappa shape index (κ2) is 31.0. The number of aliphatic hydroxyl groups excluding tert-OH is 1. The Balaban J connectivity index is -0.0000000378. The molecule has 1 N–H and O–H groups in total. The van der Waals surface area contributed by atoms with Crippen LogP contribution < -0.4 is 112 Å². The Labute approximate surface area is 237 Å². The Morgan fingerprint density at radius 3 is 1.42 bits per heavy atom. The molecule has 0 rings (SSSR count). The number of allylic oxidation sites excluding steroid dienone is 1. The van der Waals surface area contributed by atoms with Gasteiger partial charge >= 0.3 is 117 Å². The summed E-state index contributed by atoms with van der Waals surface area (Å²) in [6, 6.07) is 0. The summed E-state index contributed by atoms with van der Waals surface area (Å²) in [7, 11) is -3.90. The van der Waals surface area contributed by atoms with E-state index < -0.39 is 19.8 Å². The molecule has 1 unspecified atom stereocenters. The van der Waals surface area contributed by atoms with Crippen LogP contribution in [0.3, 0.4) is 0 Å². The molecule has 136 valence electrons. The van der Waals surface area contributed by atoms with E-state index in [0.29, 0.717) is 6.42 Å². The van der Waals surface area contributed by atoms with E-state index in [1.807, 2.05) is 13.8 Å². The summed E-state index contributed by atoms with van der Waals surface area (Å²) >= 11 is 10.4. The zero-order chi connectivity index (χ0) is 16.9. The fraction of sp³-hybridized carbons (Fsp3) is 0.818. The number of hydrogen-bond acceptors (Lipinski definition) is 1. The molecule has 0 aromatic heterocycles. The van der Waals surface area contributed by atoms with Crippen LogP contribution in [0.4, 0.5) is 17.3 Å². The van der Waals surface area contributed by atoms with Gasteiger partial charge < -0.3 is 14.5 Å². The van der Waals surface area contributed by atoms with Gasteiger partial charge in [0.25, 0.3) is 0 Å². The molecule has 1 nitrogen and oxygen atoms in total. The molecule has 0 spiro atoms. The van der Waals surface area contributed by atoms with Crippen LogP contribution in [0, 0.1) is 11.8 Å². The zero-order valence-electron chi connectivity index (χ0n) is 15.1. The SMILES string of the molecule is CC(C)/C=C(/Cl)B(F)F.CC(C)CC(Cl)B(F)F.CO.[F-].[F-].[K+].[K+]. The molecule has 0 radical (unpaired) electrons. The summed E-state index contributed by atoms with van der Waals surface area (Å²) in [5.74, 6) is 0.341. The topological polar surface area (TPSA) is 20.2 Å². The molecule has 0 amide bonds. The van der Waals surface area contributed by atoms with Gasteiger partial charge in [0.05, 0.1) is 10.2 Å². The Morgan fingerprint density at radius 2 is 1.33 bits per heavy atom. The van der Waals surface area contributed by atoms with Crippen molar-refractivity contribution in [2.75, 3.05) is 7.11 Å². The molecule has 24 heavy (non-hydrogen) atoms. The summed E-state index contributed by atoms with van der Waals surface area (Å²) in [6.07, 6.45) is 1.73. The van der Waals surface area contributed by atoms with Crippen LogP contribution in [-0.2, 0) is 0 Å². The normalized spacial score (nSPS) is 10.2. The predicted octanol–water partition coefficient (Wildman–Crippen LogP) is -7.04. The molecule has 0 bridgehead atoms. The Morgan fingerprint density at radius 1 is 1.00 bits per heavy atom. The second-order valence-corrected chi connectivity index (χ2v) is 5.57. The van der Waals surface area contributed by atoms with Gasteiger partial charge in [-0.1, -0.05) is 45.4 Å². The monoisotopic (exact) mass is 454 g/mol. The first-order chi connectivity index (χ1) is 9.07. The Hall–Kier alpha value is 3.26. The maximum atomic E-state index is 11.7. The van der Waals surface area contributed by atoms with Crippen LogP contribution in [-0.4, -0.2) is 32.0 Å². The van der Waals surface area contributed by atoms with Crippen molar-refractivity contribution >= 4 is 37.7 Å². The maximum absolute atomic E-state index is 11.7. The van der Waals surface area contributed by atoms with E-state index in [2.05, 4.69) is 0 Å². The fourth-order valence-electron chi connectivity index (χ4n) is 0.944. The third kappa shape index (κ3) is 40.1. The summed E-state index contributed by atoms with van der Waals surface area (Å²) in [5, 5.41) is 6.03. The Bertz CT molecular complexity index is 257. The molecule has 0 aliphatic carbocycles. The summed E-state index contributed by atoms with van der Waals surface area (Å²) in [6.45, 7) is 7.34. The average molecular weight is 455 g/mol.